The van der Waals surface area contributed by atoms with E-state index in [1.165, 1.54) is 10.4 Å². The van der Waals surface area contributed by atoms with Gasteiger partial charge in [-0.2, -0.15) is 0 Å². The molecule has 0 bridgehead atoms. The summed E-state index contributed by atoms with van der Waals surface area (Å²) in [6, 6.07) is 2.04. The van der Waals surface area contributed by atoms with Crippen LogP contribution in [0.15, 0.2) is 11.4 Å². The molecule has 0 aromatic carbocycles. The standard InChI is InChI=1S/C13H15NO3S/c15-11(13(12(16)17)4-1-5-13)14-6-2-10-9(8-14)3-7-18-10/h3,7H,1-2,4-6,8H2,(H,16,17). The van der Waals surface area contributed by atoms with Crippen LogP contribution in [0.3, 0.4) is 0 Å². The smallest absolute Gasteiger partial charge is 0.319 e. The van der Waals surface area contributed by atoms with Crippen molar-refractivity contribution in [3.8, 4) is 0 Å². The third-order valence-electron chi connectivity index (χ3n) is 4.12. The van der Waals surface area contributed by atoms with Crippen LogP contribution in [0.5, 0.6) is 0 Å². The van der Waals surface area contributed by atoms with Crippen LogP contribution in [0, 0.1) is 5.41 Å². The number of rotatable bonds is 2. The predicted octanol–water partition coefficient (Wildman–Crippen LogP) is 1.89. The lowest BCUT2D eigenvalue weighted by molar-refractivity contribution is -0.168. The minimum absolute atomic E-state index is 0.182. The van der Waals surface area contributed by atoms with E-state index in [0.29, 0.717) is 25.9 Å². The van der Waals surface area contributed by atoms with E-state index in [-0.39, 0.29) is 5.91 Å². The molecular weight excluding hydrogens is 250 g/mol. The van der Waals surface area contributed by atoms with E-state index in [4.69, 9.17) is 0 Å². The Morgan fingerprint density at radius 2 is 2.17 bits per heavy atom. The van der Waals surface area contributed by atoms with E-state index in [2.05, 4.69) is 0 Å². The van der Waals surface area contributed by atoms with E-state index in [0.717, 1.165) is 12.8 Å². The summed E-state index contributed by atoms with van der Waals surface area (Å²) in [6.07, 6.45) is 2.69. The van der Waals surface area contributed by atoms with Crippen LogP contribution in [0.1, 0.15) is 29.7 Å². The molecule has 1 aliphatic carbocycles. The highest BCUT2D eigenvalue weighted by Gasteiger charge is 2.53. The van der Waals surface area contributed by atoms with Crippen LogP contribution in [0.25, 0.3) is 0 Å². The van der Waals surface area contributed by atoms with Crippen molar-refractivity contribution in [3.63, 3.8) is 0 Å². The molecule has 18 heavy (non-hydrogen) atoms. The summed E-state index contributed by atoms with van der Waals surface area (Å²) in [6.45, 7) is 1.23. The third-order valence-corrected chi connectivity index (χ3v) is 5.14. The molecule has 0 saturated heterocycles. The molecule has 1 aromatic rings. The van der Waals surface area contributed by atoms with Gasteiger partial charge in [0.2, 0.25) is 5.91 Å². The Morgan fingerprint density at radius 1 is 1.39 bits per heavy atom. The second-order valence-corrected chi connectivity index (χ2v) is 6.09. The second-order valence-electron chi connectivity index (χ2n) is 5.09. The Kier molecular flexibility index (Phi) is 2.66. The molecule has 1 saturated carbocycles. The van der Waals surface area contributed by atoms with Crippen molar-refractivity contribution in [1.82, 2.24) is 4.90 Å². The number of thiophene rings is 1. The lowest BCUT2D eigenvalue weighted by atomic mass is 9.67. The van der Waals surface area contributed by atoms with Gasteiger partial charge in [0, 0.05) is 18.0 Å². The summed E-state index contributed by atoms with van der Waals surface area (Å²) in [5, 5.41) is 11.3. The first-order chi connectivity index (χ1) is 8.63. The zero-order valence-corrected chi connectivity index (χ0v) is 10.8. The number of fused-ring (bicyclic) bond motifs is 1. The summed E-state index contributed by atoms with van der Waals surface area (Å²) in [4.78, 5) is 26.8. The fourth-order valence-electron chi connectivity index (χ4n) is 2.77. The molecule has 1 N–H and O–H groups in total. The molecule has 96 valence electrons. The Labute approximate surface area is 109 Å². The first kappa shape index (κ1) is 11.7. The molecule has 1 amide bonds. The highest BCUT2D eigenvalue weighted by molar-refractivity contribution is 7.10. The van der Waals surface area contributed by atoms with Crippen molar-refractivity contribution in [2.75, 3.05) is 6.54 Å². The Bertz CT molecular complexity index is 504. The van der Waals surface area contributed by atoms with Gasteiger partial charge in [0.1, 0.15) is 5.41 Å². The molecule has 0 atom stereocenters. The summed E-state index contributed by atoms with van der Waals surface area (Å²) in [5.74, 6) is -1.13. The van der Waals surface area contributed by atoms with Crippen molar-refractivity contribution in [1.29, 1.82) is 0 Å². The zero-order valence-electron chi connectivity index (χ0n) is 10.0. The van der Waals surface area contributed by atoms with E-state index in [1.54, 1.807) is 16.2 Å². The van der Waals surface area contributed by atoms with Crippen molar-refractivity contribution in [2.45, 2.75) is 32.2 Å². The van der Waals surface area contributed by atoms with Crippen LogP contribution in [0.2, 0.25) is 0 Å². The predicted molar refractivity (Wildman–Crippen MR) is 67.4 cm³/mol. The van der Waals surface area contributed by atoms with Gasteiger partial charge in [0.25, 0.3) is 0 Å². The summed E-state index contributed by atoms with van der Waals surface area (Å²) < 4.78 is 0. The molecule has 2 aliphatic rings. The van der Waals surface area contributed by atoms with Gasteiger partial charge in [-0.1, -0.05) is 6.42 Å². The van der Waals surface area contributed by atoms with Gasteiger partial charge in [-0.3, -0.25) is 9.59 Å². The van der Waals surface area contributed by atoms with Crippen LogP contribution in [-0.2, 0) is 22.6 Å². The topological polar surface area (TPSA) is 57.6 Å². The largest absolute Gasteiger partial charge is 0.480 e. The molecule has 0 radical (unpaired) electrons. The molecule has 2 heterocycles. The molecule has 4 nitrogen and oxygen atoms in total. The summed E-state index contributed by atoms with van der Waals surface area (Å²) >= 11 is 1.72. The summed E-state index contributed by atoms with van der Waals surface area (Å²) in [5.41, 5.74) is 0.0625. The van der Waals surface area contributed by atoms with Crippen LogP contribution >= 0.6 is 11.3 Å². The molecule has 1 fully saturated rings. The molecular formula is C13H15NO3S. The van der Waals surface area contributed by atoms with Crippen LogP contribution in [-0.4, -0.2) is 28.4 Å². The molecule has 1 aromatic heterocycles. The van der Waals surface area contributed by atoms with Gasteiger partial charge in [0.05, 0.1) is 0 Å². The fourth-order valence-corrected chi connectivity index (χ4v) is 3.66. The van der Waals surface area contributed by atoms with E-state index in [9.17, 15) is 14.7 Å². The molecule has 1 aliphatic heterocycles. The van der Waals surface area contributed by atoms with E-state index >= 15 is 0 Å². The normalized spacial score (nSPS) is 21.0. The Morgan fingerprint density at radius 3 is 2.78 bits per heavy atom. The highest BCUT2D eigenvalue weighted by atomic mass is 32.1. The molecule has 0 unspecified atom stereocenters. The van der Waals surface area contributed by atoms with Crippen molar-refractivity contribution < 1.29 is 14.7 Å². The second kappa shape index (κ2) is 4.09. The minimum Gasteiger partial charge on any atom is -0.480 e. The van der Waals surface area contributed by atoms with Gasteiger partial charge in [-0.05, 0) is 36.3 Å². The van der Waals surface area contributed by atoms with Crippen molar-refractivity contribution in [3.05, 3.63) is 21.9 Å². The maximum Gasteiger partial charge on any atom is 0.319 e. The first-order valence-electron chi connectivity index (χ1n) is 6.21. The Hall–Kier alpha value is -1.36. The number of hydrogen-bond donors (Lipinski definition) is 1. The number of hydrogen-bond acceptors (Lipinski definition) is 3. The van der Waals surface area contributed by atoms with Gasteiger partial charge in [-0.15, -0.1) is 11.3 Å². The molecule has 3 rings (SSSR count). The minimum atomic E-state index is -1.12. The van der Waals surface area contributed by atoms with Crippen molar-refractivity contribution >= 4 is 23.2 Å². The molecule has 0 spiro atoms. The maximum atomic E-state index is 12.4. The number of carboxylic acids is 1. The van der Waals surface area contributed by atoms with Crippen LogP contribution in [0.4, 0.5) is 0 Å². The van der Waals surface area contributed by atoms with Gasteiger partial charge in [0.15, 0.2) is 0 Å². The number of carbonyl (C=O) groups excluding carboxylic acids is 1. The molecule has 5 heteroatoms. The monoisotopic (exact) mass is 265 g/mol. The number of amides is 1. The van der Waals surface area contributed by atoms with Gasteiger partial charge < -0.3 is 10.0 Å². The average molecular weight is 265 g/mol. The summed E-state index contributed by atoms with van der Waals surface area (Å²) in [7, 11) is 0. The lowest BCUT2D eigenvalue weighted by Crippen LogP contribution is -2.53. The average Bonchev–Trinajstić information content (AvgIpc) is 2.73. The van der Waals surface area contributed by atoms with Crippen LogP contribution < -0.4 is 0 Å². The van der Waals surface area contributed by atoms with Crippen molar-refractivity contribution in [2.24, 2.45) is 5.41 Å². The van der Waals surface area contributed by atoms with E-state index < -0.39 is 11.4 Å². The Balaban J connectivity index is 1.80. The number of aliphatic carboxylic acids is 1. The van der Waals surface area contributed by atoms with E-state index in [1.807, 2.05) is 11.4 Å². The lowest BCUT2D eigenvalue weighted by Gasteiger charge is -2.41. The zero-order chi connectivity index (χ0) is 12.8. The number of carbonyl (C=O) groups is 2. The third kappa shape index (κ3) is 1.57. The highest BCUT2D eigenvalue weighted by Crippen LogP contribution is 2.43. The number of carboxylic acid groups (broad SMARTS) is 1. The maximum absolute atomic E-state index is 12.4. The SMILES string of the molecule is O=C(O)C1(C(=O)N2CCc3sccc3C2)CCC1. The first-order valence-corrected chi connectivity index (χ1v) is 7.09. The van der Waals surface area contributed by atoms with Gasteiger partial charge in [-0.25, -0.2) is 0 Å². The van der Waals surface area contributed by atoms with Gasteiger partial charge >= 0.3 is 5.97 Å². The fraction of sp³-hybridized carbons (Fsp3) is 0.538. The number of nitrogens with zero attached hydrogens (tertiary/aromatic N) is 1. The quantitative estimate of drug-likeness (QED) is 0.831.